The Morgan fingerprint density at radius 3 is 2.14 bits per heavy atom. The Morgan fingerprint density at radius 1 is 0.762 bits per heavy atom. The zero-order chi connectivity index (χ0) is 60.8. The molecule has 6 aromatic rings. The van der Waals surface area contributed by atoms with Gasteiger partial charge in [0.2, 0.25) is 21.9 Å². The lowest BCUT2D eigenvalue weighted by Crippen LogP contribution is -2.43. The van der Waals surface area contributed by atoms with Gasteiger partial charge in [-0.25, -0.2) is 43.3 Å². The third-order valence-electron chi connectivity index (χ3n) is 13.7. The summed E-state index contributed by atoms with van der Waals surface area (Å²) in [6.45, 7) is 10.5. The molecule has 0 saturated carbocycles. The third kappa shape index (κ3) is 15.3. The van der Waals surface area contributed by atoms with Crippen LogP contribution in [0.3, 0.4) is 0 Å². The summed E-state index contributed by atoms with van der Waals surface area (Å²) < 4.78 is 73.8. The fourth-order valence-electron chi connectivity index (χ4n) is 8.86. The topological polar surface area (TPSA) is 242 Å². The summed E-state index contributed by atoms with van der Waals surface area (Å²) in [7, 11) is 9.34. The Bertz CT molecular complexity index is 3700. The highest BCUT2D eigenvalue weighted by Gasteiger charge is 2.33. The minimum atomic E-state index is -4.53. The number of nitrogens with zero attached hydrogens (tertiary/aromatic N) is 12. The van der Waals surface area contributed by atoms with E-state index < -0.39 is 45.0 Å². The lowest BCUT2D eigenvalue weighted by molar-refractivity contribution is -0.137. The summed E-state index contributed by atoms with van der Waals surface area (Å²) in [6, 6.07) is 17.8. The Balaban J connectivity index is 1.16. The van der Waals surface area contributed by atoms with Crippen molar-refractivity contribution >= 4 is 85.9 Å². The van der Waals surface area contributed by atoms with E-state index in [1.54, 1.807) is 67.3 Å². The molecule has 0 bridgehead atoms. The fraction of sp³-hybridized carbons (Fsp3) is 0.362. The van der Waals surface area contributed by atoms with Gasteiger partial charge in [0.15, 0.2) is 17.4 Å². The lowest BCUT2D eigenvalue weighted by atomic mass is 9.86. The number of guanidine groups is 1. The number of hydrogen-bond donors (Lipinski definition) is 5. The number of aromatic nitrogens is 4. The van der Waals surface area contributed by atoms with Crippen molar-refractivity contribution in [3.63, 3.8) is 0 Å². The molecule has 0 fully saturated rings. The normalized spacial score (nSPS) is 14.4. The van der Waals surface area contributed by atoms with Crippen LogP contribution in [0.25, 0.3) is 11.0 Å². The summed E-state index contributed by atoms with van der Waals surface area (Å²) in [5.41, 5.74) is 4.45. The van der Waals surface area contributed by atoms with Crippen LogP contribution in [0.2, 0.25) is 0 Å². The first-order chi connectivity index (χ1) is 39.6. The Kier molecular flexibility index (Phi) is 18.5. The largest absolute Gasteiger partial charge is 0.492 e. The van der Waals surface area contributed by atoms with Crippen molar-refractivity contribution in [1.29, 1.82) is 0 Å². The number of hydrogen-bond acceptors (Lipinski definition) is 19. The van der Waals surface area contributed by atoms with Crippen LogP contribution in [0.5, 0.6) is 5.75 Å². The molecule has 1 unspecified atom stereocenters. The fourth-order valence-corrected chi connectivity index (χ4v) is 9.42. The van der Waals surface area contributed by atoms with Crippen LogP contribution in [0.4, 0.5) is 47.7 Å². The molecule has 4 heterocycles. The number of carbonyl (C=O) groups excluding carboxylic acids is 2. The van der Waals surface area contributed by atoms with Crippen molar-refractivity contribution in [3.8, 4) is 5.75 Å². The maximum absolute atomic E-state index is 14.6. The number of aliphatic imine (C=N–C) groups is 3. The van der Waals surface area contributed by atoms with Crippen LogP contribution in [-0.2, 0) is 34.7 Å². The van der Waals surface area contributed by atoms with E-state index >= 15 is 0 Å². The number of methoxy groups -OCH3 is 1. The van der Waals surface area contributed by atoms with E-state index in [2.05, 4.69) is 50.7 Å². The van der Waals surface area contributed by atoms with Gasteiger partial charge in [-0.15, -0.1) is 0 Å². The zero-order valence-electron chi connectivity index (χ0n) is 49.0. The number of halogens is 3. The number of carbonyl (C=O) groups is 2. The summed E-state index contributed by atoms with van der Waals surface area (Å²) in [4.78, 5) is 71.6. The van der Waals surface area contributed by atoms with E-state index in [-0.39, 0.29) is 41.3 Å². The predicted molar refractivity (Wildman–Crippen MR) is 324 cm³/mol. The monoisotopic (exact) mass is 1170 g/mol. The molecule has 2 aromatic heterocycles. The van der Waals surface area contributed by atoms with Gasteiger partial charge in [-0.1, -0.05) is 45.0 Å². The number of anilines is 6. The number of ether oxygens (including phenoxy) is 1. The molecule has 2 aliphatic rings. The molecule has 0 aliphatic carbocycles. The molecule has 1 atom stereocenters. The molecule has 0 saturated heterocycles. The van der Waals surface area contributed by atoms with Gasteiger partial charge in [0, 0.05) is 82.1 Å². The van der Waals surface area contributed by atoms with Crippen LogP contribution in [0, 0.1) is 6.92 Å². The number of likely N-dealkylation sites (N-methyl/N-ethyl adjacent to an activating group) is 4. The van der Waals surface area contributed by atoms with Crippen LogP contribution in [0.15, 0.2) is 112 Å². The molecule has 4 aromatic carbocycles. The van der Waals surface area contributed by atoms with Gasteiger partial charge in [-0.2, -0.15) is 13.2 Å². The molecule has 2 aliphatic heterocycles. The van der Waals surface area contributed by atoms with E-state index in [1.807, 2.05) is 84.7 Å². The summed E-state index contributed by atoms with van der Waals surface area (Å²) >= 11 is 0. The highest BCUT2D eigenvalue weighted by atomic mass is 32.2. The van der Waals surface area contributed by atoms with Gasteiger partial charge < -0.3 is 50.5 Å². The third-order valence-corrected chi connectivity index (χ3v) is 14.3. The van der Waals surface area contributed by atoms with Gasteiger partial charge in [0.1, 0.15) is 29.1 Å². The second kappa shape index (κ2) is 25.4. The average molecular weight is 1170 g/mol. The van der Waals surface area contributed by atoms with Crippen molar-refractivity contribution < 1.29 is 35.9 Å². The number of rotatable bonds is 21. The number of sulfonamides is 1. The quantitative estimate of drug-likeness (QED) is 0.0462. The van der Waals surface area contributed by atoms with E-state index in [0.717, 1.165) is 42.6 Å². The maximum Gasteiger partial charge on any atom is 0.416 e. The molecule has 444 valence electrons. The van der Waals surface area contributed by atoms with E-state index in [9.17, 15) is 31.2 Å². The van der Waals surface area contributed by atoms with Crippen LogP contribution >= 0.6 is 0 Å². The molecule has 5 N–H and O–H groups in total. The number of alkyl halides is 3. The SMILES string of the molecule is COc1c(NC(=O)c2ccc(CN3C=NC(Nc4cc(C(=O)NCc5cccc(C(F)(F)F)c5)ccc4C)=C4N=C(N(C)CCN(C)C)N=CC43)c(Nc3ncnc4cnc(N(C)CCN(C)C)nc34)c2)cc(C(C)(C)C)cc1NS(C)(=O)=O. The number of fused-ring (bicyclic) bond motifs is 2. The maximum atomic E-state index is 14.6. The van der Waals surface area contributed by atoms with Gasteiger partial charge in [0.05, 0.1) is 42.8 Å². The average Bonchev–Trinajstić information content (AvgIpc) is 3.36. The van der Waals surface area contributed by atoms with Crippen molar-refractivity contribution in [2.24, 2.45) is 15.0 Å². The standard InChI is InChI=1S/C58H70F3N17O5S/c1-35-16-17-37(53(79)62-29-36-14-13-15-40(24-36)58(59,60)61)25-42(35)68-52-49-47(31-64-56(72-49)77(10)23-21-75(7)8)78(34-67-52)32-39-19-18-38(54(80)70-44-27-41(57(2,3)4)28-45(50(44)83-11)73-84(12,81)82)26-43(39)69-51-48-46(65-33-66-51)30-63-55(71-48)76(9)22-20-74(5)6/h13-19,24-28,30-31,33-34,47,68,73H,20-23,29,32H2,1-12H3,(H,62,79)(H,70,80)(H,65,66,69). The van der Waals surface area contributed by atoms with Gasteiger partial charge >= 0.3 is 6.18 Å². The molecule has 8 rings (SSSR count). The second-order valence-corrected chi connectivity index (χ2v) is 23.8. The summed E-state index contributed by atoms with van der Waals surface area (Å²) in [5, 5.41) is 12.6. The molecule has 84 heavy (non-hydrogen) atoms. The van der Waals surface area contributed by atoms with Crippen molar-refractivity contribution in [3.05, 3.63) is 136 Å². The molecule has 0 radical (unpaired) electrons. The zero-order valence-corrected chi connectivity index (χ0v) is 49.8. The predicted octanol–water partition coefficient (Wildman–Crippen LogP) is 7.78. The lowest BCUT2D eigenvalue weighted by Gasteiger charge is -2.35. The smallest absolute Gasteiger partial charge is 0.416 e. The minimum Gasteiger partial charge on any atom is -0.492 e. The van der Waals surface area contributed by atoms with Crippen LogP contribution in [0.1, 0.15) is 69.3 Å². The van der Waals surface area contributed by atoms with Gasteiger partial charge in [0.25, 0.3) is 11.8 Å². The number of nitrogens with one attached hydrogen (secondary N) is 5. The molecule has 26 heteroatoms. The van der Waals surface area contributed by atoms with E-state index in [0.29, 0.717) is 75.9 Å². The molecule has 22 nitrogen and oxygen atoms in total. The number of aryl methyl sites for hydroxylation is 1. The highest BCUT2D eigenvalue weighted by Crippen LogP contribution is 2.40. The Labute approximate surface area is 487 Å². The van der Waals surface area contributed by atoms with Crippen LogP contribution < -0.4 is 35.6 Å². The summed E-state index contributed by atoms with van der Waals surface area (Å²) in [6.07, 6.45) is 2.97. The number of benzene rings is 4. The van der Waals surface area contributed by atoms with Crippen molar-refractivity contribution in [2.45, 2.75) is 58.4 Å². The van der Waals surface area contributed by atoms with Gasteiger partial charge in [-0.3, -0.25) is 14.3 Å². The van der Waals surface area contributed by atoms with Crippen LogP contribution in [-0.4, -0.2) is 166 Å². The number of amides is 2. The first-order valence-electron chi connectivity index (χ1n) is 26.7. The molecular formula is C58H70F3N17O5S. The Morgan fingerprint density at radius 2 is 1.45 bits per heavy atom. The van der Waals surface area contributed by atoms with Crippen molar-refractivity contribution in [1.82, 2.24) is 44.9 Å². The molecule has 0 spiro atoms. The second-order valence-electron chi connectivity index (χ2n) is 22.1. The molecule has 2 amide bonds. The first-order valence-corrected chi connectivity index (χ1v) is 28.6. The van der Waals surface area contributed by atoms with Gasteiger partial charge in [-0.05, 0) is 111 Å². The molecular weight excluding hydrogens is 1100 g/mol. The van der Waals surface area contributed by atoms with Crippen molar-refractivity contribution in [2.75, 3.05) is 107 Å². The summed E-state index contributed by atoms with van der Waals surface area (Å²) in [5.74, 6) is 0.664. The van der Waals surface area contributed by atoms with E-state index in [4.69, 9.17) is 24.7 Å². The highest BCUT2D eigenvalue weighted by molar-refractivity contribution is 7.92. The Hall–Kier alpha value is -8.75. The first kappa shape index (κ1) is 61.3. The van der Waals surface area contributed by atoms with E-state index in [1.165, 1.54) is 25.6 Å². The minimum absolute atomic E-state index is 0.113.